The molecule has 0 fully saturated rings. The van der Waals surface area contributed by atoms with Crippen LogP contribution in [0, 0.1) is 6.92 Å². The first-order valence-electron chi connectivity index (χ1n) is 6.61. The molecule has 2 N–H and O–H groups in total. The maximum absolute atomic E-state index is 4.44. The van der Waals surface area contributed by atoms with Crippen molar-refractivity contribution >= 4 is 23.4 Å². The zero-order chi connectivity index (χ0) is 14.4. The molecule has 0 saturated heterocycles. The van der Waals surface area contributed by atoms with Gasteiger partial charge in [0.2, 0.25) is 0 Å². The van der Waals surface area contributed by atoms with Crippen LogP contribution in [0.25, 0.3) is 0 Å². The third-order valence-corrected chi connectivity index (χ3v) is 3.20. The van der Waals surface area contributed by atoms with Gasteiger partial charge >= 0.3 is 0 Å². The predicted molar refractivity (Wildman–Crippen MR) is 83.4 cm³/mol. The third kappa shape index (κ3) is 4.12. The number of rotatable bonds is 7. The number of hydrogen-bond donors (Lipinski definition) is 2. The van der Waals surface area contributed by atoms with Crippen molar-refractivity contribution in [3.63, 3.8) is 0 Å². The quantitative estimate of drug-likeness (QED) is 0.602. The van der Waals surface area contributed by atoms with Crippen molar-refractivity contribution in [2.24, 2.45) is 0 Å². The Bertz CT molecular complexity index is 554. The van der Waals surface area contributed by atoms with Crippen LogP contribution in [0.2, 0.25) is 0 Å². The highest BCUT2D eigenvalue weighted by molar-refractivity contribution is 7.98. The van der Waals surface area contributed by atoms with Crippen molar-refractivity contribution in [1.82, 2.24) is 19.7 Å². The Morgan fingerprint density at radius 2 is 2.00 bits per heavy atom. The van der Waals surface area contributed by atoms with Crippen molar-refractivity contribution in [2.45, 2.75) is 25.5 Å². The molecule has 0 bridgehead atoms. The Morgan fingerprint density at radius 1 is 1.25 bits per heavy atom. The van der Waals surface area contributed by atoms with E-state index in [4.69, 9.17) is 0 Å². The SMILES string of the molecule is CCNc1cc(NCCn2cc(C)cn2)nc(SC)n1. The van der Waals surface area contributed by atoms with E-state index in [9.17, 15) is 0 Å². The van der Waals surface area contributed by atoms with Crippen molar-refractivity contribution in [1.29, 1.82) is 0 Å². The second-order valence-corrected chi connectivity index (χ2v) is 5.14. The van der Waals surface area contributed by atoms with Crippen molar-refractivity contribution in [3.05, 3.63) is 24.0 Å². The number of anilines is 2. The Balaban J connectivity index is 1.95. The molecule has 6 nitrogen and oxygen atoms in total. The van der Waals surface area contributed by atoms with E-state index < -0.39 is 0 Å². The molecule has 0 atom stereocenters. The molecule has 0 aliphatic carbocycles. The van der Waals surface area contributed by atoms with Gasteiger partial charge < -0.3 is 10.6 Å². The molecule has 0 aliphatic rings. The molecule has 0 radical (unpaired) electrons. The molecule has 2 heterocycles. The number of nitrogens with one attached hydrogen (secondary N) is 2. The lowest BCUT2D eigenvalue weighted by atomic mass is 10.4. The van der Waals surface area contributed by atoms with Crippen LogP contribution in [0.15, 0.2) is 23.6 Å². The number of hydrogen-bond acceptors (Lipinski definition) is 6. The second-order valence-electron chi connectivity index (χ2n) is 4.36. The molecular formula is C13H20N6S. The summed E-state index contributed by atoms with van der Waals surface area (Å²) in [7, 11) is 0. The smallest absolute Gasteiger partial charge is 0.191 e. The first-order valence-corrected chi connectivity index (χ1v) is 7.83. The van der Waals surface area contributed by atoms with Gasteiger partial charge in [-0.3, -0.25) is 4.68 Å². The Morgan fingerprint density at radius 3 is 2.60 bits per heavy atom. The molecule has 0 aliphatic heterocycles. The van der Waals surface area contributed by atoms with Crippen LogP contribution >= 0.6 is 11.8 Å². The third-order valence-electron chi connectivity index (χ3n) is 2.66. The zero-order valence-electron chi connectivity index (χ0n) is 12.1. The normalized spacial score (nSPS) is 10.6. The minimum absolute atomic E-state index is 0.765. The topological polar surface area (TPSA) is 67.7 Å². The van der Waals surface area contributed by atoms with E-state index >= 15 is 0 Å². The molecule has 0 amide bonds. The maximum atomic E-state index is 4.44. The molecule has 0 aromatic carbocycles. The van der Waals surface area contributed by atoms with E-state index in [0.29, 0.717) is 0 Å². The van der Waals surface area contributed by atoms with E-state index in [1.54, 1.807) is 0 Å². The molecule has 20 heavy (non-hydrogen) atoms. The van der Waals surface area contributed by atoms with Crippen LogP contribution in [0.3, 0.4) is 0 Å². The second kappa shape index (κ2) is 7.14. The van der Waals surface area contributed by atoms with Crippen LogP contribution in [0.1, 0.15) is 12.5 Å². The highest BCUT2D eigenvalue weighted by Crippen LogP contribution is 2.16. The minimum atomic E-state index is 0.765. The lowest BCUT2D eigenvalue weighted by molar-refractivity contribution is 0.636. The summed E-state index contributed by atoms with van der Waals surface area (Å²) in [6.07, 6.45) is 5.86. The molecule has 2 rings (SSSR count). The van der Waals surface area contributed by atoms with Gasteiger partial charge in [0.25, 0.3) is 0 Å². The van der Waals surface area contributed by atoms with Gasteiger partial charge in [-0.15, -0.1) is 0 Å². The largest absolute Gasteiger partial charge is 0.370 e. The summed E-state index contributed by atoms with van der Waals surface area (Å²) >= 11 is 1.54. The molecule has 0 unspecified atom stereocenters. The average molecular weight is 292 g/mol. The van der Waals surface area contributed by atoms with Crippen LogP contribution in [-0.2, 0) is 6.54 Å². The fourth-order valence-corrected chi connectivity index (χ4v) is 2.15. The molecule has 0 saturated carbocycles. The van der Waals surface area contributed by atoms with Gasteiger partial charge in [0.05, 0.1) is 12.7 Å². The summed E-state index contributed by atoms with van der Waals surface area (Å²) in [6.45, 7) is 6.51. The van der Waals surface area contributed by atoms with Crippen LogP contribution in [0.5, 0.6) is 0 Å². The Hall–Kier alpha value is -1.76. The predicted octanol–water partition coefficient (Wildman–Crippen LogP) is 2.25. The van der Waals surface area contributed by atoms with Gasteiger partial charge in [-0.25, -0.2) is 9.97 Å². The van der Waals surface area contributed by atoms with Gasteiger partial charge in [0.15, 0.2) is 5.16 Å². The summed E-state index contributed by atoms with van der Waals surface area (Å²) in [5, 5.41) is 11.5. The first-order chi connectivity index (χ1) is 9.71. The monoisotopic (exact) mass is 292 g/mol. The highest BCUT2D eigenvalue weighted by Gasteiger charge is 2.03. The van der Waals surface area contributed by atoms with Crippen LogP contribution < -0.4 is 10.6 Å². The van der Waals surface area contributed by atoms with E-state index in [1.807, 2.05) is 43.2 Å². The summed E-state index contributed by atoms with van der Waals surface area (Å²) in [6, 6.07) is 1.93. The maximum Gasteiger partial charge on any atom is 0.191 e. The van der Waals surface area contributed by atoms with Crippen LogP contribution in [0.4, 0.5) is 11.6 Å². The fourth-order valence-electron chi connectivity index (χ4n) is 1.77. The molecule has 0 spiro atoms. The Labute approximate surface area is 123 Å². The first kappa shape index (κ1) is 14.6. The van der Waals surface area contributed by atoms with Gasteiger partial charge in [0, 0.05) is 25.4 Å². The van der Waals surface area contributed by atoms with Gasteiger partial charge in [-0.05, 0) is 25.7 Å². The lowest BCUT2D eigenvalue weighted by Crippen LogP contribution is -2.12. The number of aryl methyl sites for hydroxylation is 1. The standard InChI is InChI=1S/C13H20N6S/c1-4-14-11-7-12(18-13(17-11)20-3)15-5-6-19-9-10(2)8-16-19/h7-9H,4-6H2,1-3H3,(H2,14,15,17,18). The fraction of sp³-hybridized carbons (Fsp3) is 0.462. The average Bonchev–Trinajstić information content (AvgIpc) is 2.84. The summed E-state index contributed by atoms with van der Waals surface area (Å²) in [5.74, 6) is 1.69. The molecule has 108 valence electrons. The minimum Gasteiger partial charge on any atom is -0.370 e. The summed E-state index contributed by atoms with van der Waals surface area (Å²) in [4.78, 5) is 8.84. The van der Waals surface area contributed by atoms with Crippen molar-refractivity contribution in [2.75, 3.05) is 30.0 Å². The summed E-state index contributed by atoms with van der Waals surface area (Å²) in [5.41, 5.74) is 1.17. The highest BCUT2D eigenvalue weighted by atomic mass is 32.2. The van der Waals surface area contributed by atoms with E-state index in [1.165, 1.54) is 17.3 Å². The lowest BCUT2D eigenvalue weighted by Gasteiger charge is -2.09. The number of nitrogens with zero attached hydrogens (tertiary/aromatic N) is 4. The summed E-state index contributed by atoms with van der Waals surface area (Å²) < 4.78 is 1.92. The van der Waals surface area contributed by atoms with Crippen LogP contribution in [-0.4, -0.2) is 39.1 Å². The van der Waals surface area contributed by atoms with Gasteiger partial charge in [-0.1, -0.05) is 11.8 Å². The Kier molecular flexibility index (Phi) is 5.23. The van der Waals surface area contributed by atoms with Gasteiger partial charge in [0.1, 0.15) is 11.6 Å². The van der Waals surface area contributed by atoms with E-state index in [2.05, 4.69) is 25.7 Å². The number of aromatic nitrogens is 4. The molecule has 2 aromatic rings. The van der Waals surface area contributed by atoms with E-state index in [-0.39, 0.29) is 0 Å². The molecular weight excluding hydrogens is 272 g/mol. The van der Waals surface area contributed by atoms with Crippen molar-refractivity contribution < 1.29 is 0 Å². The van der Waals surface area contributed by atoms with E-state index in [0.717, 1.165) is 36.4 Å². The number of thioether (sulfide) groups is 1. The molecule has 7 heteroatoms. The zero-order valence-corrected chi connectivity index (χ0v) is 12.9. The molecule has 2 aromatic heterocycles. The van der Waals surface area contributed by atoms with Crippen molar-refractivity contribution in [3.8, 4) is 0 Å². The van der Waals surface area contributed by atoms with Gasteiger partial charge in [-0.2, -0.15) is 5.10 Å².